The van der Waals surface area contributed by atoms with E-state index in [-0.39, 0.29) is 41.3 Å². The Bertz CT molecular complexity index is 1600. The number of fused-ring (bicyclic) bond motifs is 2. The number of urea groups is 1. The maximum Gasteiger partial charge on any atom is 0.406 e. The van der Waals surface area contributed by atoms with E-state index >= 15 is 0 Å². The van der Waals surface area contributed by atoms with Gasteiger partial charge in [-0.05, 0) is 77.9 Å². The molecule has 3 aromatic rings. The molecule has 1 atom stereocenters. The molecule has 43 heavy (non-hydrogen) atoms. The van der Waals surface area contributed by atoms with E-state index in [1.165, 1.54) is 18.3 Å². The average molecular weight is 598 g/mol. The van der Waals surface area contributed by atoms with E-state index in [0.29, 0.717) is 23.4 Å². The number of aryl methyl sites for hydroxylation is 2. The maximum atomic E-state index is 13.9. The van der Waals surface area contributed by atoms with Gasteiger partial charge in [0.1, 0.15) is 24.7 Å². The standard InChI is InChI=1S/C30H27F4N5O4/c1-2-18-6-8-22(14-20(18)15-25(40)37-24-5-3-4-12-35-24)36-26(41)16-39-28(43)38(17-30(32,33)34)27(42)29(39)11-10-19-13-21(31)7-9-23(19)29/h3-9,12-14H,2,10-11,15-17H2,1H3,(H,36,41)(H,35,37,40). The number of hydrogen-bond donors (Lipinski definition) is 2. The van der Waals surface area contributed by atoms with Crippen LogP contribution in [0, 0.1) is 5.82 Å². The summed E-state index contributed by atoms with van der Waals surface area (Å²) >= 11 is 0. The lowest BCUT2D eigenvalue weighted by Crippen LogP contribution is -2.48. The molecule has 1 fully saturated rings. The smallest absolute Gasteiger partial charge is 0.325 e. The number of alkyl halides is 3. The second kappa shape index (κ2) is 11.5. The molecule has 1 unspecified atom stereocenters. The highest BCUT2D eigenvalue weighted by Crippen LogP contribution is 2.47. The largest absolute Gasteiger partial charge is 0.406 e. The number of imide groups is 1. The average Bonchev–Trinajstić information content (AvgIpc) is 3.40. The van der Waals surface area contributed by atoms with E-state index in [2.05, 4.69) is 15.6 Å². The van der Waals surface area contributed by atoms with Crippen LogP contribution in [0.5, 0.6) is 0 Å². The molecular formula is C30H27F4N5O4. The molecule has 0 saturated carbocycles. The van der Waals surface area contributed by atoms with Crippen LogP contribution in [-0.4, -0.2) is 57.8 Å². The van der Waals surface area contributed by atoms with Gasteiger partial charge in [-0.15, -0.1) is 0 Å². The van der Waals surface area contributed by atoms with E-state index < -0.39 is 48.5 Å². The minimum absolute atomic E-state index is 0.0224. The Balaban J connectivity index is 1.38. The Kier molecular flexibility index (Phi) is 7.91. The summed E-state index contributed by atoms with van der Waals surface area (Å²) < 4.78 is 53.9. The van der Waals surface area contributed by atoms with Crippen molar-refractivity contribution in [1.82, 2.24) is 14.8 Å². The summed E-state index contributed by atoms with van der Waals surface area (Å²) in [6, 6.07) is 12.3. The van der Waals surface area contributed by atoms with E-state index in [4.69, 9.17) is 0 Å². The number of halogens is 4. The first-order chi connectivity index (χ1) is 20.4. The molecule has 1 aromatic heterocycles. The normalized spacial score (nSPS) is 17.9. The molecule has 0 radical (unpaired) electrons. The second-order valence-corrected chi connectivity index (χ2v) is 10.4. The first kappa shape index (κ1) is 29.7. The third kappa shape index (κ3) is 5.92. The highest BCUT2D eigenvalue weighted by atomic mass is 19.4. The van der Waals surface area contributed by atoms with Gasteiger partial charge in [-0.25, -0.2) is 14.2 Å². The van der Waals surface area contributed by atoms with Gasteiger partial charge < -0.3 is 10.6 Å². The summed E-state index contributed by atoms with van der Waals surface area (Å²) in [7, 11) is 0. The summed E-state index contributed by atoms with van der Waals surface area (Å²) in [4.78, 5) is 57.6. The molecule has 13 heteroatoms. The van der Waals surface area contributed by atoms with Crippen LogP contribution in [0.1, 0.15) is 35.6 Å². The molecule has 2 aromatic carbocycles. The fourth-order valence-corrected chi connectivity index (χ4v) is 5.74. The first-order valence-electron chi connectivity index (χ1n) is 13.5. The third-order valence-electron chi connectivity index (χ3n) is 7.58. The van der Waals surface area contributed by atoms with E-state index in [0.717, 1.165) is 16.5 Å². The number of carbonyl (C=O) groups is 4. The first-order valence-corrected chi connectivity index (χ1v) is 13.5. The van der Waals surface area contributed by atoms with Crippen molar-refractivity contribution >= 4 is 35.3 Å². The van der Waals surface area contributed by atoms with Crippen LogP contribution in [0.2, 0.25) is 0 Å². The molecule has 1 aliphatic carbocycles. The number of nitrogens with zero attached hydrogens (tertiary/aromatic N) is 3. The monoisotopic (exact) mass is 597 g/mol. The van der Waals surface area contributed by atoms with Crippen molar-refractivity contribution in [2.75, 3.05) is 23.7 Å². The molecule has 1 spiro atoms. The summed E-state index contributed by atoms with van der Waals surface area (Å²) in [6.45, 7) is -0.647. The fraction of sp³-hybridized carbons (Fsp3) is 0.300. The SMILES string of the molecule is CCc1ccc(NC(=O)CN2C(=O)N(CC(F)(F)F)C(=O)C23CCc2cc(F)ccc23)cc1CC(=O)Nc1ccccn1. The zero-order valence-electron chi connectivity index (χ0n) is 23.0. The lowest BCUT2D eigenvalue weighted by Gasteiger charge is -2.32. The van der Waals surface area contributed by atoms with Gasteiger partial charge in [0.2, 0.25) is 11.8 Å². The van der Waals surface area contributed by atoms with Crippen molar-refractivity contribution < 1.29 is 36.7 Å². The molecule has 9 nitrogen and oxygen atoms in total. The lowest BCUT2D eigenvalue weighted by molar-refractivity contribution is -0.155. The van der Waals surface area contributed by atoms with Gasteiger partial charge in [0.05, 0.1) is 6.42 Å². The van der Waals surface area contributed by atoms with Gasteiger partial charge >= 0.3 is 12.2 Å². The Labute approximate surface area is 243 Å². The summed E-state index contributed by atoms with van der Waals surface area (Å²) in [6.07, 6.45) is -2.72. The van der Waals surface area contributed by atoms with Crippen LogP contribution < -0.4 is 10.6 Å². The number of nitrogens with one attached hydrogen (secondary N) is 2. The van der Waals surface area contributed by atoms with Crippen molar-refractivity contribution in [3.8, 4) is 0 Å². The van der Waals surface area contributed by atoms with Crippen LogP contribution in [-0.2, 0) is 39.2 Å². The lowest BCUT2D eigenvalue weighted by atomic mass is 9.90. The second-order valence-electron chi connectivity index (χ2n) is 10.4. The van der Waals surface area contributed by atoms with Gasteiger partial charge in [-0.2, -0.15) is 13.2 Å². The van der Waals surface area contributed by atoms with Crippen LogP contribution in [0.4, 0.5) is 33.9 Å². The minimum atomic E-state index is -4.87. The Morgan fingerprint density at radius 3 is 2.49 bits per heavy atom. The van der Waals surface area contributed by atoms with Crippen molar-refractivity contribution in [1.29, 1.82) is 0 Å². The number of anilines is 2. The fourth-order valence-electron chi connectivity index (χ4n) is 5.74. The van der Waals surface area contributed by atoms with Crippen LogP contribution in [0.15, 0.2) is 60.8 Å². The van der Waals surface area contributed by atoms with Crippen LogP contribution in [0.3, 0.4) is 0 Å². The predicted molar refractivity (Wildman–Crippen MR) is 147 cm³/mol. The number of benzene rings is 2. The molecule has 5 rings (SSSR count). The van der Waals surface area contributed by atoms with E-state index in [1.54, 1.807) is 36.4 Å². The van der Waals surface area contributed by atoms with Gasteiger partial charge in [-0.1, -0.05) is 25.1 Å². The van der Waals surface area contributed by atoms with Gasteiger partial charge in [0, 0.05) is 11.9 Å². The summed E-state index contributed by atoms with van der Waals surface area (Å²) in [5.74, 6) is -2.42. The summed E-state index contributed by atoms with van der Waals surface area (Å²) in [5, 5.41) is 5.33. The Hall–Kier alpha value is -4.81. The minimum Gasteiger partial charge on any atom is -0.325 e. The zero-order chi connectivity index (χ0) is 30.9. The Morgan fingerprint density at radius 2 is 1.79 bits per heavy atom. The number of carbonyl (C=O) groups excluding carboxylic acids is 4. The van der Waals surface area contributed by atoms with Crippen LogP contribution >= 0.6 is 0 Å². The Morgan fingerprint density at radius 1 is 1.00 bits per heavy atom. The number of rotatable bonds is 8. The molecule has 224 valence electrons. The molecule has 2 N–H and O–H groups in total. The quantitative estimate of drug-likeness (QED) is 0.292. The van der Waals surface area contributed by atoms with Crippen molar-refractivity contribution in [3.63, 3.8) is 0 Å². The molecular weight excluding hydrogens is 570 g/mol. The molecule has 1 aliphatic heterocycles. The number of aromatic nitrogens is 1. The van der Waals surface area contributed by atoms with Gasteiger partial charge in [-0.3, -0.25) is 24.2 Å². The van der Waals surface area contributed by atoms with Crippen LogP contribution in [0.25, 0.3) is 0 Å². The predicted octanol–water partition coefficient (Wildman–Crippen LogP) is 4.57. The molecule has 5 amide bonds. The molecule has 2 aliphatic rings. The highest BCUT2D eigenvalue weighted by Gasteiger charge is 2.62. The highest BCUT2D eigenvalue weighted by molar-refractivity contribution is 6.10. The van der Waals surface area contributed by atoms with Crippen molar-refractivity contribution in [2.45, 2.75) is 44.3 Å². The zero-order valence-corrected chi connectivity index (χ0v) is 23.0. The maximum absolute atomic E-state index is 13.9. The van der Waals surface area contributed by atoms with E-state index in [9.17, 15) is 36.7 Å². The molecule has 2 heterocycles. The van der Waals surface area contributed by atoms with E-state index in [1.807, 2.05) is 6.92 Å². The van der Waals surface area contributed by atoms with Gasteiger partial charge in [0.25, 0.3) is 5.91 Å². The number of amides is 5. The number of hydrogen-bond acceptors (Lipinski definition) is 5. The molecule has 1 saturated heterocycles. The van der Waals surface area contributed by atoms with Crippen molar-refractivity contribution in [3.05, 3.63) is 88.9 Å². The third-order valence-corrected chi connectivity index (χ3v) is 7.58. The number of pyridine rings is 1. The van der Waals surface area contributed by atoms with Crippen molar-refractivity contribution in [2.24, 2.45) is 0 Å². The molecule has 0 bridgehead atoms. The van der Waals surface area contributed by atoms with Gasteiger partial charge in [0.15, 0.2) is 5.54 Å². The topological polar surface area (TPSA) is 112 Å². The summed E-state index contributed by atoms with van der Waals surface area (Å²) in [5.41, 5.74) is 0.467.